The average Bonchev–Trinajstić information content (AvgIpc) is 2.63. The number of para-hydroxylation sites is 1. The van der Waals surface area contributed by atoms with Crippen molar-refractivity contribution in [2.45, 2.75) is 20.0 Å². The van der Waals surface area contributed by atoms with Crippen molar-refractivity contribution in [2.24, 2.45) is 7.05 Å². The summed E-state index contributed by atoms with van der Waals surface area (Å²) in [6.07, 6.45) is 0. The van der Waals surface area contributed by atoms with Gasteiger partial charge in [-0.05, 0) is 13.0 Å². The maximum Gasteiger partial charge on any atom is 0.146 e. The summed E-state index contributed by atoms with van der Waals surface area (Å²) in [6, 6.07) is 7.29. The molecule has 2 rings (SSSR count). The van der Waals surface area contributed by atoms with Crippen molar-refractivity contribution in [3.63, 3.8) is 0 Å². The second-order valence-corrected chi connectivity index (χ2v) is 3.95. The first-order valence-electron chi connectivity index (χ1n) is 5.51. The molecule has 0 aliphatic rings. The lowest BCUT2D eigenvalue weighted by molar-refractivity contribution is 0.463. The maximum atomic E-state index is 9.59. The van der Waals surface area contributed by atoms with Crippen LogP contribution in [0.25, 0.3) is 0 Å². The van der Waals surface area contributed by atoms with Crippen LogP contribution in [0, 0.1) is 6.92 Å². The Kier molecular flexibility index (Phi) is 3.39. The Hall–Kier alpha value is -1.88. The Labute approximate surface area is 100 Å². The third kappa shape index (κ3) is 2.62. The van der Waals surface area contributed by atoms with E-state index in [-0.39, 0.29) is 0 Å². The SMILES string of the molecule is Cc1nnc(CNCc2ccccc2O)n1C. The van der Waals surface area contributed by atoms with E-state index in [9.17, 15) is 5.11 Å². The molecular formula is C12H16N4O. The number of aryl methyl sites for hydroxylation is 1. The summed E-state index contributed by atoms with van der Waals surface area (Å²) in [4.78, 5) is 0. The molecule has 0 fully saturated rings. The van der Waals surface area contributed by atoms with Crippen molar-refractivity contribution in [2.75, 3.05) is 0 Å². The van der Waals surface area contributed by atoms with Gasteiger partial charge < -0.3 is 15.0 Å². The Balaban J connectivity index is 1.92. The molecule has 90 valence electrons. The molecule has 0 atom stereocenters. The number of hydrogen-bond acceptors (Lipinski definition) is 4. The molecular weight excluding hydrogens is 216 g/mol. The predicted octanol–water partition coefficient (Wildman–Crippen LogP) is 1.12. The van der Waals surface area contributed by atoms with Gasteiger partial charge in [0.25, 0.3) is 0 Å². The summed E-state index contributed by atoms with van der Waals surface area (Å²) in [5.41, 5.74) is 0.881. The van der Waals surface area contributed by atoms with Crippen LogP contribution in [0.3, 0.4) is 0 Å². The number of phenols is 1. The Morgan fingerprint density at radius 1 is 1.24 bits per heavy atom. The number of aromatic nitrogens is 3. The lowest BCUT2D eigenvalue weighted by atomic mass is 10.2. The zero-order chi connectivity index (χ0) is 12.3. The van der Waals surface area contributed by atoms with Crippen LogP contribution in [0.15, 0.2) is 24.3 Å². The van der Waals surface area contributed by atoms with Gasteiger partial charge in [0.1, 0.15) is 17.4 Å². The van der Waals surface area contributed by atoms with Gasteiger partial charge in [0.2, 0.25) is 0 Å². The van der Waals surface area contributed by atoms with Crippen LogP contribution in [0.5, 0.6) is 5.75 Å². The molecule has 5 heteroatoms. The lowest BCUT2D eigenvalue weighted by Gasteiger charge is -2.06. The van der Waals surface area contributed by atoms with E-state index in [1.807, 2.05) is 36.7 Å². The van der Waals surface area contributed by atoms with Crippen molar-refractivity contribution >= 4 is 0 Å². The fourth-order valence-corrected chi connectivity index (χ4v) is 1.57. The number of benzene rings is 1. The van der Waals surface area contributed by atoms with Crippen LogP contribution >= 0.6 is 0 Å². The third-order valence-corrected chi connectivity index (χ3v) is 2.77. The topological polar surface area (TPSA) is 63.0 Å². The highest BCUT2D eigenvalue weighted by Crippen LogP contribution is 2.14. The number of aromatic hydroxyl groups is 1. The minimum Gasteiger partial charge on any atom is -0.508 e. The van der Waals surface area contributed by atoms with E-state index >= 15 is 0 Å². The first kappa shape index (κ1) is 11.6. The zero-order valence-electron chi connectivity index (χ0n) is 10.0. The molecule has 0 saturated carbocycles. The molecule has 0 radical (unpaired) electrons. The molecule has 0 aliphatic carbocycles. The summed E-state index contributed by atoms with van der Waals surface area (Å²) in [5.74, 6) is 2.09. The van der Waals surface area contributed by atoms with Gasteiger partial charge in [0.15, 0.2) is 0 Å². The standard InChI is InChI=1S/C12H16N4O/c1-9-14-15-12(16(9)2)8-13-7-10-5-3-4-6-11(10)17/h3-6,13,17H,7-8H2,1-2H3. The third-order valence-electron chi connectivity index (χ3n) is 2.77. The van der Waals surface area contributed by atoms with Crippen LogP contribution in [0.4, 0.5) is 0 Å². The molecule has 2 N–H and O–H groups in total. The molecule has 0 saturated heterocycles. The second kappa shape index (κ2) is 4.97. The van der Waals surface area contributed by atoms with Gasteiger partial charge in [-0.1, -0.05) is 18.2 Å². The van der Waals surface area contributed by atoms with E-state index in [1.54, 1.807) is 6.07 Å². The summed E-state index contributed by atoms with van der Waals surface area (Å²) in [6.45, 7) is 3.16. The first-order chi connectivity index (χ1) is 8.18. The van der Waals surface area contributed by atoms with Crippen molar-refractivity contribution in [3.8, 4) is 5.75 Å². The van der Waals surface area contributed by atoms with Crippen LogP contribution in [0.2, 0.25) is 0 Å². The van der Waals surface area contributed by atoms with E-state index in [1.165, 1.54) is 0 Å². The fraction of sp³-hybridized carbons (Fsp3) is 0.333. The van der Waals surface area contributed by atoms with Gasteiger partial charge in [0, 0.05) is 19.2 Å². The maximum absolute atomic E-state index is 9.59. The summed E-state index contributed by atoms with van der Waals surface area (Å²) in [5, 5.41) is 20.9. The van der Waals surface area contributed by atoms with E-state index in [0.29, 0.717) is 18.8 Å². The summed E-state index contributed by atoms with van der Waals surface area (Å²) in [7, 11) is 1.94. The highest BCUT2D eigenvalue weighted by Gasteiger charge is 2.04. The van der Waals surface area contributed by atoms with Gasteiger partial charge in [-0.15, -0.1) is 10.2 Å². The first-order valence-corrected chi connectivity index (χ1v) is 5.51. The molecule has 0 spiro atoms. The number of phenolic OH excluding ortho intramolecular Hbond substituents is 1. The molecule has 5 nitrogen and oxygen atoms in total. The Morgan fingerprint density at radius 2 is 2.00 bits per heavy atom. The molecule has 1 aromatic carbocycles. The molecule has 2 aromatic rings. The molecule has 0 aliphatic heterocycles. The highest BCUT2D eigenvalue weighted by atomic mass is 16.3. The van der Waals surface area contributed by atoms with Gasteiger partial charge in [-0.3, -0.25) is 0 Å². The number of nitrogens with one attached hydrogen (secondary N) is 1. The van der Waals surface area contributed by atoms with Gasteiger partial charge in [-0.25, -0.2) is 0 Å². The minimum atomic E-state index is 0.314. The highest BCUT2D eigenvalue weighted by molar-refractivity contribution is 5.31. The lowest BCUT2D eigenvalue weighted by Crippen LogP contribution is -2.16. The van der Waals surface area contributed by atoms with Crippen molar-refractivity contribution in [3.05, 3.63) is 41.5 Å². The normalized spacial score (nSPS) is 10.7. The van der Waals surface area contributed by atoms with Crippen LogP contribution < -0.4 is 5.32 Å². The molecule has 0 bridgehead atoms. The van der Waals surface area contributed by atoms with Gasteiger partial charge >= 0.3 is 0 Å². The van der Waals surface area contributed by atoms with Crippen LogP contribution in [0.1, 0.15) is 17.2 Å². The molecule has 0 amide bonds. The average molecular weight is 232 g/mol. The number of hydrogen-bond donors (Lipinski definition) is 2. The molecule has 17 heavy (non-hydrogen) atoms. The van der Waals surface area contributed by atoms with Gasteiger partial charge in [-0.2, -0.15) is 0 Å². The van der Waals surface area contributed by atoms with Crippen LogP contribution in [-0.2, 0) is 20.1 Å². The van der Waals surface area contributed by atoms with Gasteiger partial charge in [0.05, 0.1) is 6.54 Å². The van der Waals surface area contributed by atoms with Crippen molar-refractivity contribution < 1.29 is 5.11 Å². The van der Waals surface area contributed by atoms with Crippen molar-refractivity contribution in [1.82, 2.24) is 20.1 Å². The summed E-state index contributed by atoms with van der Waals surface area (Å²) >= 11 is 0. The van der Waals surface area contributed by atoms with Crippen molar-refractivity contribution in [1.29, 1.82) is 0 Å². The Morgan fingerprint density at radius 3 is 2.65 bits per heavy atom. The fourth-order valence-electron chi connectivity index (χ4n) is 1.57. The van der Waals surface area contributed by atoms with Crippen LogP contribution in [-0.4, -0.2) is 19.9 Å². The zero-order valence-corrected chi connectivity index (χ0v) is 10.0. The number of rotatable bonds is 4. The smallest absolute Gasteiger partial charge is 0.146 e. The monoisotopic (exact) mass is 232 g/mol. The molecule has 1 heterocycles. The largest absolute Gasteiger partial charge is 0.508 e. The van der Waals surface area contributed by atoms with E-state index in [4.69, 9.17) is 0 Å². The van der Waals surface area contributed by atoms with E-state index < -0.39 is 0 Å². The quantitative estimate of drug-likeness (QED) is 0.829. The van der Waals surface area contributed by atoms with E-state index in [2.05, 4.69) is 15.5 Å². The predicted molar refractivity (Wildman–Crippen MR) is 64.4 cm³/mol. The number of nitrogens with zero attached hydrogens (tertiary/aromatic N) is 3. The summed E-state index contributed by atoms with van der Waals surface area (Å²) < 4.78 is 1.94. The second-order valence-electron chi connectivity index (χ2n) is 3.95. The molecule has 0 unspecified atom stereocenters. The van der Waals surface area contributed by atoms with E-state index in [0.717, 1.165) is 17.2 Å². The minimum absolute atomic E-state index is 0.314. The Bertz CT molecular complexity index is 507. The molecule has 1 aromatic heterocycles.